The average Bonchev–Trinajstić information content (AvgIpc) is 3.24. The maximum absolute atomic E-state index is 13.1. The molecule has 0 radical (unpaired) electrons. The molecule has 138 valence electrons. The predicted molar refractivity (Wildman–Crippen MR) is 100 cm³/mol. The Kier molecular flexibility index (Phi) is 5.05. The molecule has 1 saturated carbocycles. The van der Waals surface area contributed by atoms with Gasteiger partial charge in [0.15, 0.2) is 9.84 Å². The lowest BCUT2D eigenvalue weighted by atomic mass is 10.1. The average molecular weight is 414 g/mol. The lowest BCUT2D eigenvalue weighted by Crippen LogP contribution is -2.41. The summed E-state index contributed by atoms with van der Waals surface area (Å²) < 4.78 is 31.3. The van der Waals surface area contributed by atoms with E-state index in [4.69, 9.17) is 33.7 Å². The first-order chi connectivity index (χ1) is 12.2. The van der Waals surface area contributed by atoms with Gasteiger partial charge in [0.25, 0.3) is 0 Å². The van der Waals surface area contributed by atoms with Crippen molar-refractivity contribution < 1.29 is 17.9 Å². The molecule has 0 heterocycles. The van der Waals surface area contributed by atoms with E-state index in [0.29, 0.717) is 15.6 Å². The summed E-state index contributed by atoms with van der Waals surface area (Å²) >= 11 is 11.9. The zero-order valence-electron chi connectivity index (χ0n) is 13.9. The van der Waals surface area contributed by atoms with Gasteiger partial charge in [0, 0.05) is 16.0 Å². The van der Waals surface area contributed by atoms with Crippen molar-refractivity contribution in [1.29, 1.82) is 0 Å². The van der Waals surface area contributed by atoms with Crippen LogP contribution in [0.3, 0.4) is 0 Å². The fourth-order valence-corrected chi connectivity index (χ4v) is 5.78. The maximum Gasteiger partial charge on any atom is 0.328 e. The molecule has 0 spiro atoms. The largest absolute Gasteiger partial charge is 0.465 e. The molecule has 3 atom stereocenters. The fourth-order valence-electron chi connectivity index (χ4n) is 3.23. The quantitative estimate of drug-likeness (QED) is 0.760. The van der Waals surface area contributed by atoms with Crippen LogP contribution in [0.1, 0.15) is 18.4 Å². The molecule has 2 aromatic carbocycles. The predicted octanol–water partition coefficient (Wildman–Crippen LogP) is 3.19. The van der Waals surface area contributed by atoms with Crippen LogP contribution >= 0.6 is 23.2 Å². The lowest BCUT2D eigenvalue weighted by molar-refractivity contribution is -0.145. The zero-order chi connectivity index (χ0) is 19.1. The van der Waals surface area contributed by atoms with E-state index in [-0.39, 0.29) is 11.5 Å². The van der Waals surface area contributed by atoms with Crippen LogP contribution in [0.15, 0.2) is 53.4 Å². The summed E-state index contributed by atoms with van der Waals surface area (Å²) in [5.74, 6) is -1.49. The molecular weight excluding hydrogens is 397 g/mol. The summed E-state index contributed by atoms with van der Waals surface area (Å²) in [4.78, 5) is 12.5. The molecule has 1 aliphatic carbocycles. The number of esters is 1. The number of sulfone groups is 1. The fraction of sp³-hybridized carbons (Fsp3) is 0.278. The van der Waals surface area contributed by atoms with Gasteiger partial charge in [0.2, 0.25) is 0 Å². The number of ether oxygens (including phenoxy) is 1. The van der Waals surface area contributed by atoms with Crippen molar-refractivity contribution in [1.82, 2.24) is 0 Å². The standard InChI is InChI=1S/C18H17Cl2NO4S/c1-2-25-17(22)18(21)15(11-4-3-5-13(20)10-11)16(18)26(23,24)14-8-6-12(19)7-9-14/h3-10,15-16H,2,21H2,1H3/t15-,16-,18-/m0/s1. The van der Waals surface area contributed by atoms with E-state index in [1.165, 1.54) is 24.3 Å². The molecule has 2 aromatic rings. The molecule has 1 aliphatic rings. The van der Waals surface area contributed by atoms with Crippen molar-refractivity contribution in [2.24, 2.45) is 5.73 Å². The van der Waals surface area contributed by atoms with Crippen LogP contribution in [-0.4, -0.2) is 31.8 Å². The SMILES string of the molecule is CCOC(=O)[C@]1(N)[C@@H](c2cccc(Cl)c2)[C@@H]1S(=O)(=O)c1ccc(Cl)cc1. The molecule has 0 aromatic heterocycles. The van der Waals surface area contributed by atoms with Gasteiger partial charge in [0.05, 0.1) is 11.5 Å². The summed E-state index contributed by atoms with van der Waals surface area (Å²) in [6.45, 7) is 1.74. The number of hydrogen-bond donors (Lipinski definition) is 1. The Morgan fingerprint density at radius 1 is 1.15 bits per heavy atom. The molecule has 5 nitrogen and oxygen atoms in total. The number of rotatable bonds is 5. The Balaban J connectivity index is 2.07. The van der Waals surface area contributed by atoms with Crippen molar-refractivity contribution >= 4 is 39.0 Å². The van der Waals surface area contributed by atoms with Crippen molar-refractivity contribution in [3.8, 4) is 0 Å². The van der Waals surface area contributed by atoms with Gasteiger partial charge < -0.3 is 10.5 Å². The molecule has 2 N–H and O–H groups in total. The first-order valence-corrected chi connectivity index (χ1v) is 10.2. The second-order valence-corrected chi connectivity index (χ2v) is 9.05. The second kappa shape index (κ2) is 6.85. The molecule has 0 unspecified atom stereocenters. The first-order valence-electron chi connectivity index (χ1n) is 7.94. The van der Waals surface area contributed by atoms with Gasteiger partial charge in [-0.2, -0.15) is 0 Å². The van der Waals surface area contributed by atoms with Crippen LogP contribution in [0.5, 0.6) is 0 Å². The Bertz CT molecular complexity index is 946. The van der Waals surface area contributed by atoms with Gasteiger partial charge in [0.1, 0.15) is 10.8 Å². The Labute approximate surface area is 162 Å². The Morgan fingerprint density at radius 2 is 1.81 bits per heavy atom. The molecule has 3 rings (SSSR count). The third-order valence-corrected chi connectivity index (χ3v) is 7.24. The third kappa shape index (κ3) is 3.11. The highest BCUT2D eigenvalue weighted by Crippen LogP contribution is 2.56. The third-order valence-electron chi connectivity index (χ3n) is 4.49. The normalized spacial score (nSPS) is 24.9. The lowest BCUT2D eigenvalue weighted by Gasteiger charge is -2.11. The Hall–Kier alpha value is -1.60. The van der Waals surface area contributed by atoms with E-state index in [1.54, 1.807) is 31.2 Å². The van der Waals surface area contributed by atoms with Crippen LogP contribution in [0.25, 0.3) is 0 Å². The van der Waals surface area contributed by atoms with Crippen LogP contribution in [0, 0.1) is 0 Å². The van der Waals surface area contributed by atoms with Crippen LogP contribution in [0.2, 0.25) is 10.0 Å². The molecule has 0 aliphatic heterocycles. The number of carbonyl (C=O) groups is 1. The second-order valence-electron chi connectivity index (χ2n) is 6.11. The topological polar surface area (TPSA) is 86.5 Å². The molecule has 8 heteroatoms. The van der Waals surface area contributed by atoms with E-state index < -0.39 is 32.5 Å². The van der Waals surface area contributed by atoms with E-state index in [9.17, 15) is 13.2 Å². The molecule has 0 amide bonds. The summed E-state index contributed by atoms with van der Waals surface area (Å²) in [7, 11) is -3.89. The highest BCUT2D eigenvalue weighted by atomic mass is 35.5. The highest BCUT2D eigenvalue weighted by Gasteiger charge is 2.74. The summed E-state index contributed by atoms with van der Waals surface area (Å²) in [6.07, 6.45) is 0. The maximum atomic E-state index is 13.1. The number of nitrogens with two attached hydrogens (primary N) is 1. The van der Waals surface area contributed by atoms with Gasteiger partial charge in [-0.1, -0.05) is 35.3 Å². The zero-order valence-corrected chi connectivity index (χ0v) is 16.2. The monoisotopic (exact) mass is 413 g/mol. The first kappa shape index (κ1) is 19.2. The van der Waals surface area contributed by atoms with Crippen molar-refractivity contribution in [2.75, 3.05) is 6.61 Å². The molecule has 0 bridgehead atoms. The highest BCUT2D eigenvalue weighted by molar-refractivity contribution is 7.92. The summed E-state index contributed by atoms with van der Waals surface area (Å²) in [5, 5.41) is -0.299. The number of halogens is 2. The van der Waals surface area contributed by atoms with Crippen molar-refractivity contribution in [3.63, 3.8) is 0 Å². The minimum atomic E-state index is -3.89. The van der Waals surface area contributed by atoms with Crippen LogP contribution in [-0.2, 0) is 19.4 Å². The van der Waals surface area contributed by atoms with Crippen molar-refractivity contribution in [2.45, 2.75) is 28.5 Å². The van der Waals surface area contributed by atoms with Gasteiger partial charge >= 0.3 is 5.97 Å². The van der Waals surface area contributed by atoms with Crippen LogP contribution in [0.4, 0.5) is 0 Å². The van der Waals surface area contributed by atoms with E-state index in [2.05, 4.69) is 0 Å². The van der Waals surface area contributed by atoms with Gasteiger partial charge in [-0.25, -0.2) is 13.2 Å². The van der Waals surface area contributed by atoms with Gasteiger partial charge in [-0.05, 0) is 48.9 Å². The van der Waals surface area contributed by atoms with E-state index in [1.807, 2.05) is 0 Å². The summed E-state index contributed by atoms with van der Waals surface area (Å²) in [6, 6.07) is 12.4. The van der Waals surface area contributed by atoms with Crippen LogP contribution < -0.4 is 5.73 Å². The van der Waals surface area contributed by atoms with E-state index in [0.717, 1.165) is 0 Å². The summed E-state index contributed by atoms with van der Waals surface area (Å²) in [5.41, 5.74) is 5.19. The molecule has 0 saturated heterocycles. The minimum absolute atomic E-state index is 0.0514. The molecular formula is C18H17Cl2NO4S. The number of carbonyl (C=O) groups excluding carboxylic acids is 1. The molecule has 26 heavy (non-hydrogen) atoms. The van der Waals surface area contributed by atoms with Gasteiger partial charge in [-0.3, -0.25) is 0 Å². The van der Waals surface area contributed by atoms with Crippen molar-refractivity contribution in [3.05, 3.63) is 64.1 Å². The smallest absolute Gasteiger partial charge is 0.328 e. The number of hydrogen-bond acceptors (Lipinski definition) is 5. The number of benzene rings is 2. The Morgan fingerprint density at radius 3 is 2.38 bits per heavy atom. The van der Waals surface area contributed by atoms with E-state index >= 15 is 0 Å². The molecule has 1 fully saturated rings. The minimum Gasteiger partial charge on any atom is -0.465 e. The van der Waals surface area contributed by atoms with Gasteiger partial charge in [-0.15, -0.1) is 0 Å².